The van der Waals surface area contributed by atoms with Crippen LogP contribution in [0.15, 0.2) is 54.6 Å². The van der Waals surface area contributed by atoms with Crippen LogP contribution < -0.4 is 15.4 Å². The molecule has 0 aliphatic heterocycles. The number of hydrogen-bond acceptors (Lipinski definition) is 3. The van der Waals surface area contributed by atoms with E-state index in [1.54, 1.807) is 17.4 Å². The zero-order valence-corrected chi connectivity index (χ0v) is 13.7. The molecule has 0 aliphatic rings. The fraction of sp³-hybridized carbons (Fsp3) is 0.222. The highest BCUT2D eigenvalue weighted by Gasteiger charge is 2.39. The smallest absolute Gasteiger partial charge is 0.471 e. The summed E-state index contributed by atoms with van der Waals surface area (Å²) in [7, 11) is 0. The summed E-state index contributed by atoms with van der Waals surface area (Å²) in [5, 5.41) is 4.23. The van der Waals surface area contributed by atoms with Gasteiger partial charge in [0.2, 0.25) is 5.91 Å². The average molecular weight is 366 g/mol. The number of rotatable bonds is 7. The summed E-state index contributed by atoms with van der Waals surface area (Å²) in [5.41, 5.74) is -0.0252. The van der Waals surface area contributed by atoms with Crippen LogP contribution in [0.5, 0.6) is 5.75 Å². The van der Waals surface area contributed by atoms with Crippen LogP contribution in [-0.2, 0) is 9.59 Å². The number of para-hydroxylation sites is 3. The molecule has 138 valence electrons. The molecule has 0 bridgehead atoms. The zero-order valence-electron chi connectivity index (χ0n) is 13.7. The van der Waals surface area contributed by atoms with Crippen LogP contribution in [0.2, 0.25) is 0 Å². The Morgan fingerprint density at radius 2 is 1.46 bits per heavy atom. The Morgan fingerprint density at radius 1 is 0.885 bits per heavy atom. The Hall–Kier alpha value is -3.03. The van der Waals surface area contributed by atoms with Crippen molar-refractivity contribution in [1.82, 2.24) is 0 Å². The van der Waals surface area contributed by atoms with Crippen molar-refractivity contribution in [1.29, 1.82) is 0 Å². The van der Waals surface area contributed by atoms with Crippen molar-refractivity contribution in [2.75, 3.05) is 17.2 Å². The third-order valence-electron chi connectivity index (χ3n) is 3.27. The fourth-order valence-corrected chi connectivity index (χ4v) is 2.05. The third kappa shape index (κ3) is 6.12. The van der Waals surface area contributed by atoms with E-state index >= 15 is 0 Å². The molecule has 0 radical (unpaired) electrons. The highest BCUT2D eigenvalue weighted by atomic mass is 19.4. The van der Waals surface area contributed by atoms with Gasteiger partial charge in [-0.15, -0.1) is 0 Å². The number of carbonyl (C=O) groups is 2. The highest BCUT2D eigenvalue weighted by molar-refractivity contribution is 6.01. The van der Waals surface area contributed by atoms with E-state index in [4.69, 9.17) is 4.74 Å². The van der Waals surface area contributed by atoms with Gasteiger partial charge in [-0.2, -0.15) is 13.2 Å². The molecular weight excluding hydrogens is 349 g/mol. The molecule has 8 heteroatoms. The Kier molecular flexibility index (Phi) is 6.60. The number of halogens is 3. The normalized spacial score (nSPS) is 10.9. The second-order valence-electron chi connectivity index (χ2n) is 5.31. The van der Waals surface area contributed by atoms with Crippen molar-refractivity contribution >= 4 is 23.2 Å². The first kappa shape index (κ1) is 19.3. The van der Waals surface area contributed by atoms with Gasteiger partial charge in [-0.05, 0) is 30.7 Å². The van der Waals surface area contributed by atoms with Gasteiger partial charge in [0.1, 0.15) is 5.75 Å². The highest BCUT2D eigenvalue weighted by Crippen LogP contribution is 2.24. The topological polar surface area (TPSA) is 67.4 Å². The maximum absolute atomic E-state index is 12.4. The maximum Gasteiger partial charge on any atom is 0.471 e. The second kappa shape index (κ2) is 8.89. The van der Waals surface area contributed by atoms with E-state index in [1.807, 2.05) is 18.2 Å². The lowest BCUT2D eigenvalue weighted by Crippen LogP contribution is -2.30. The molecule has 0 aliphatic carbocycles. The van der Waals surface area contributed by atoms with E-state index in [2.05, 4.69) is 5.32 Å². The molecule has 0 saturated heterocycles. The Labute approximate surface area is 148 Å². The summed E-state index contributed by atoms with van der Waals surface area (Å²) in [6, 6.07) is 14.8. The molecule has 2 N–H and O–H groups in total. The van der Waals surface area contributed by atoms with Crippen LogP contribution in [0.4, 0.5) is 24.5 Å². The number of nitrogens with one attached hydrogen (secondary N) is 2. The predicted molar refractivity (Wildman–Crippen MR) is 90.9 cm³/mol. The summed E-state index contributed by atoms with van der Waals surface area (Å²) in [5.74, 6) is -1.81. The predicted octanol–water partition coefficient (Wildman–Crippen LogP) is 3.99. The summed E-state index contributed by atoms with van der Waals surface area (Å²) < 4.78 is 42.5. The van der Waals surface area contributed by atoms with Crippen molar-refractivity contribution in [3.05, 3.63) is 54.6 Å². The summed E-state index contributed by atoms with van der Waals surface area (Å²) in [4.78, 5) is 23.0. The number of amides is 2. The molecule has 2 aromatic carbocycles. The summed E-state index contributed by atoms with van der Waals surface area (Å²) in [6.07, 6.45) is -4.46. The van der Waals surface area contributed by atoms with E-state index in [-0.39, 0.29) is 17.8 Å². The van der Waals surface area contributed by atoms with Crippen LogP contribution in [0.3, 0.4) is 0 Å². The number of hydrogen-bond donors (Lipinski definition) is 2. The number of alkyl halides is 3. The van der Waals surface area contributed by atoms with Gasteiger partial charge in [0.15, 0.2) is 0 Å². The molecule has 0 saturated carbocycles. The lowest BCUT2D eigenvalue weighted by molar-refractivity contribution is -0.167. The molecule has 2 rings (SSSR count). The lowest BCUT2D eigenvalue weighted by atomic mass is 10.2. The van der Waals surface area contributed by atoms with Gasteiger partial charge >= 0.3 is 12.1 Å². The lowest BCUT2D eigenvalue weighted by Gasteiger charge is -2.13. The van der Waals surface area contributed by atoms with Gasteiger partial charge in [0, 0.05) is 6.42 Å². The monoisotopic (exact) mass is 366 g/mol. The van der Waals surface area contributed by atoms with Gasteiger partial charge in [0.25, 0.3) is 0 Å². The third-order valence-corrected chi connectivity index (χ3v) is 3.27. The molecule has 0 heterocycles. The van der Waals surface area contributed by atoms with Gasteiger partial charge in [-0.3, -0.25) is 9.59 Å². The Morgan fingerprint density at radius 3 is 2.08 bits per heavy atom. The van der Waals surface area contributed by atoms with Gasteiger partial charge < -0.3 is 15.4 Å². The van der Waals surface area contributed by atoms with Crippen LogP contribution in [0.1, 0.15) is 12.8 Å². The minimum atomic E-state index is -5.01. The summed E-state index contributed by atoms with van der Waals surface area (Å²) in [6.45, 7) is 0.323. The van der Waals surface area contributed by atoms with Crippen LogP contribution in [0.25, 0.3) is 0 Å². The molecule has 0 spiro atoms. The maximum atomic E-state index is 12.4. The molecule has 5 nitrogen and oxygen atoms in total. The molecule has 2 amide bonds. The van der Waals surface area contributed by atoms with Crippen molar-refractivity contribution in [2.45, 2.75) is 19.0 Å². The minimum absolute atomic E-state index is 0.0964. The van der Waals surface area contributed by atoms with Crippen molar-refractivity contribution in [2.24, 2.45) is 0 Å². The SMILES string of the molecule is O=C(CCCOc1ccccc1)Nc1ccccc1NC(=O)C(F)(F)F. The molecule has 0 aromatic heterocycles. The van der Waals surface area contributed by atoms with Gasteiger partial charge in [-0.25, -0.2) is 0 Å². The molecule has 26 heavy (non-hydrogen) atoms. The van der Waals surface area contributed by atoms with E-state index in [9.17, 15) is 22.8 Å². The molecule has 0 fully saturated rings. The van der Waals surface area contributed by atoms with E-state index in [0.29, 0.717) is 18.8 Å². The number of carbonyl (C=O) groups excluding carboxylic acids is 2. The molecule has 0 atom stereocenters. The van der Waals surface area contributed by atoms with Crippen molar-refractivity contribution in [3.8, 4) is 5.75 Å². The molecule has 2 aromatic rings. The van der Waals surface area contributed by atoms with Crippen LogP contribution in [0, 0.1) is 0 Å². The quantitative estimate of drug-likeness (QED) is 0.729. The fourth-order valence-electron chi connectivity index (χ4n) is 2.05. The standard InChI is InChI=1S/C18H17F3N2O3/c19-18(20,21)17(25)23-15-10-5-4-9-14(15)22-16(24)11-6-12-26-13-7-2-1-3-8-13/h1-5,7-10H,6,11-12H2,(H,22,24)(H,23,25). The van der Waals surface area contributed by atoms with Gasteiger partial charge in [0.05, 0.1) is 18.0 Å². The number of benzene rings is 2. The van der Waals surface area contributed by atoms with Crippen molar-refractivity contribution < 1.29 is 27.5 Å². The van der Waals surface area contributed by atoms with E-state index in [0.717, 1.165) is 0 Å². The zero-order chi connectivity index (χ0) is 19.0. The van der Waals surface area contributed by atoms with E-state index in [1.165, 1.54) is 24.3 Å². The van der Waals surface area contributed by atoms with E-state index < -0.39 is 18.0 Å². The Balaban J connectivity index is 1.84. The number of anilines is 2. The van der Waals surface area contributed by atoms with Crippen LogP contribution >= 0.6 is 0 Å². The Bertz CT molecular complexity index is 749. The summed E-state index contributed by atoms with van der Waals surface area (Å²) >= 11 is 0. The minimum Gasteiger partial charge on any atom is -0.494 e. The number of ether oxygens (including phenoxy) is 1. The molecular formula is C18H17F3N2O3. The molecule has 0 unspecified atom stereocenters. The second-order valence-corrected chi connectivity index (χ2v) is 5.31. The first-order valence-electron chi connectivity index (χ1n) is 7.81. The van der Waals surface area contributed by atoms with Crippen LogP contribution in [-0.4, -0.2) is 24.6 Å². The first-order valence-corrected chi connectivity index (χ1v) is 7.81. The first-order chi connectivity index (χ1) is 12.4. The van der Waals surface area contributed by atoms with Crippen molar-refractivity contribution in [3.63, 3.8) is 0 Å². The average Bonchev–Trinajstić information content (AvgIpc) is 2.60. The van der Waals surface area contributed by atoms with Gasteiger partial charge in [-0.1, -0.05) is 30.3 Å². The largest absolute Gasteiger partial charge is 0.494 e.